The molecule has 1 aromatic carbocycles. The number of pyridine rings is 1. The third-order valence-corrected chi connectivity index (χ3v) is 3.12. The van der Waals surface area contributed by atoms with Gasteiger partial charge in [0.25, 0.3) is 5.91 Å². The van der Waals surface area contributed by atoms with Crippen LogP contribution in [0.4, 0.5) is 5.69 Å². The summed E-state index contributed by atoms with van der Waals surface area (Å²) in [5.74, 6) is -0.516. The maximum absolute atomic E-state index is 12.0. The van der Waals surface area contributed by atoms with E-state index in [-0.39, 0.29) is 5.57 Å². The number of carbonyl (C=O) groups excluding carboxylic acids is 1. The van der Waals surface area contributed by atoms with Gasteiger partial charge >= 0.3 is 0 Å². The van der Waals surface area contributed by atoms with Crippen LogP contribution in [0.15, 0.2) is 60.6 Å². The van der Waals surface area contributed by atoms with Crippen LogP contribution in [0.1, 0.15) is 5.56 Å². The van der Waals surface area contributed by atoms with E-state index in [4.69, 9.17) is 16.9 Å². The third-order valence-electron chi connectivity index (χ3n) is 2.79. The number of nitriles is 1. The van der Waals surface area contributed by atoms with Crippen LogP contribution in [0, 0.1) is 11.3 Å². The molecule has 1 aromatic heterocycles. The molecule has 0 spiro atoms. The van der Waals surface area contributed by atoms with Crippen molar-refractivity contribution < 1.29 is 4.79 Å². The first kappa shape index (κ1) is 15.5. The molecule has 0 radical (unpaired) electrons. The molecule has 1 heterocycles. The van der Waals surface area contributed by atoms with Crippen molar-refractivity contribution in [2.45, 2.75) is 6.54 Å². The second kappa shape index (κ2) is 7.81. The molecule has 0 bridgehead atoms. The Bertz CT molecular complexity index is 722. The molecule has 0 unspecified atom stereocenters. The minimum atomic E-state index is -0.516. The predicted octanol–water partition coefficient (Wildman–Crippen LogP) is 2.87. The first-order chi connectivity index (χ1) is 10.7. The summed E-state index contributed by atoms with van der Waals surface area (Å²) in [6.07, 6.45) is 4.73. The minimum absolute atomic E-state index is 0.0334. The van der Waals surface area contributed by atoms with Gasteiger partial charge in [-0.05, 0) is 29.8 Å². The Morgan fingerprint density at radius 2 is 2.00 bits per heavy atom. The van der Waals surface area contributed by atoms with E-state index in [1.54, 1.807) is 36.7 Å². The van der Waals surface area contributed by atoms with Crippen molar-refractivity contribution in [1.29, 1.82) is 5.26 Å². The number of benzene rings is 1. The summed E-state index contributed by atoms with van der Waals surface area (Å²) >= 11 is 5.96. The lowest BCUT2D eigenvalue weighted by atomic mass is 10.2. The van der Waals surface area contributed by atoms with Crippen molar-refractivity contribution in [2.75, 3.05) is 5.32 Å². The zero-order chi connectivity index (χ0) is 15.8. The summed E-state index contributed by atoms with van der Waals surface area (Å²) in [5, 5.41) is 15.0. The lowest BCUT2D eigenvalue weighted by Gasteiger charge is -2.06. The van der Waals surface area contributed by atoms with Crippen LogP contribution in [0.3, 0.4) is 0 Å². The lowest BCUT2D eigenvalue weighted by molar-refractivity contribution is -0.112. The molecular weight excluding hydrogens is 300 g/mol. The average molecular weight is 313 g/mol. The number of hydrogen-bond donors (Lipinski definition) is 2. The Morgan fingerprint density at radius 3 is 2.68 bits per heavy atom. The highest BCUT2D eigenvalue weighted by Crippen LogP contribution is 2.20. The molecular formula is C16H13ClN4O. The molecule has 0 aliphatic heterocycles. The summed E-state index contributed by atoms with van der Waals surface area (Å²) in [6.45, 7) is 0.493. The highest BCUT2D eigenvalue weighted by Gasteiger charge is 2.10. The molecule has 0 aliphatic carbocycles. The largest absolute Gasteiger partial charge is 0.386 e. The van der Waals surface area contributed by atoms with E-state index in [9.17, 15) is 4.79 Å². The summed E-state index contributed by atoms with van der Waals surface area (Å²) in [5.41, 5.74) is 1.42. The van der Waals surface area contributed by atoms with E-state index in [0.717, 1.165) is 5.56 Å². The summed E-state index contributed by atoms with van der Waals surface area (Å²) in [6, 6.07) is 12.4. The first-order valence-electron chi connectivity index (χ1n) is 6.49. The van der Waals surface area contributed by atoms with Gasteiger partial charge in [-0.25, -0.2) is 0 Å². The molecule has 110 valence electrons. The van der Waals surface area contributed by atoms with Crippen LogP contribution in [0.5, 0.6) is 0 Å². The fourth-order valence-electron chi connectivity index (χ4n) is 1.67. The fourth-order valence-corrected chi connectivity index (χ4v) is 1.86. The van der Waals surface area contributed by atoms with Crippen LogP contribution in [0.2, 0.25) is 5.02 Å². The van der Waals surface area contributed by atoms with Crippen LogP contribution < -0.4 is 10.6 Å². The molecule has 22 heavy (non-hydrogen) atoms. The molecule has 2 rings (SSSR count). The lowest BCUT2D eigenvalue weighted by Crippen LogP contribution is -2.16. The SMILES string of the molecule is N#C/C(=C/NCc1ccncc1)C(=O)Nc1ccccc1Cl. The number of rotatable bonds is 5. The van der Waals surface area contributed by atoms with Gasteiger partial charge in [-0.3, -0.25) is 9.78 Å². The Morgan fingerprint density at radius 1 is 1.27 bits per heavy atom. The van der Waals surface area contributed by atoms with Crippen molar-refractivity contribution in [2.24, 2.45) is 0 Å². The molecule has 1 amide bonds. The highest BCUT2D eigenvalue weighted by molar-refractivity contribution is 6.33. The van der Waals surface area contributed by atoms with Crippen molar-refractivity contribution >= 4 is 23.2 Å². The predicted molar refractivity (Wildman–Crippen MR) is 84.9 cm³/mol. The van der Waals surface area contributed by atoms with Gasteiger partial charge in [-0.15, -0.1) is 0 Å². The third kappa shape index (κ3) is 4.33. The normalized spacial score (nSPS) is 10.6. The zero-order valence-corrected chi connectivity index (χ0v) is 12.3. The Hall–Kier alpha value is -2.84. The van der Waals surface area contributed by atoms with E-state index >= 15 is 0 Å². The summed E-state index contributed by atoms with van der Waals surface area (Å²) < 4.78 is 0. The van der Waals surface area contributed by atoms with E-state index < -0.39 is 5.91 Å². The van der Waals surface area contributed by atoms with Crippen molar-refractivity contribution in [3.8, 4) is 6.07 Å². The number of nitrogens with zero attached hydrogens (tertiary/aromatic N) is 2. The van der Waals surface area contributed by atoms with Crippen molar-refractivity contribution in [3.63, 3.8) is 0 Å². The molecule has 0 saturated carbocycles. The van der Waals surface area contributed by atoms with Crippen molar-refractivity contribution in [1.82, 2.24) is 10.3 Å². The number of carbonyl (C=O) groups is 1. The van der Waals surface area contributed by atoms with E-state index in [1.807, 2.05) is 18.2 Å². The first-order valence-corrected chi connectivity index (χ1v) is 6.87. The van der Waals surface area contributed by atoms with E-state index in [2.05, 4.69) is 15.6 Å². The van der Waals surface area contributed by atoms with Crippen molar-refractivity contribution in [3.05, 3.63) is 71.2 Å². The van der Waals surface area contributed by atoms with Gasteiger partial charge in [-0.1, -0.05) is 23.7 Å². The van der Waals surface area contributed by atoms with E-state index in [1.165, 1.54) is 6.20 Å². The second-order valence-electron chi connectivity index (χ2n) is 4.34. The molecule has 6 heteroatoms. The maximum atomic E-state index is 12.0. The smallest absolute Gasteiger partial charge is 0.267 e. The van der Waals surface area contributed by atoms with Crippen LogP contribution in [0.25, 0.3) is 0 Å². The highest BCUT2D eigenvalue weighted by atomic mass is 35.5. The number of halogens is 1. The number of amides is 1. The fraction of sp³-hybridized carbons (Fsp3) is 0.0625. The molecule has 0 aliphatic rings. The van der Waals surface area contributed by atoms with Crippen LogP contribution in [-0.2, 0) is 11.3 Å². The van der Waals surface area contributed by atoms with E-state index in [0.29, 0.717) is 17.3 Å². The molecule has 5 nitrogen and oxygen atoms in total. The van der Waals surface area contributed by atoms with Gasteiger partial charge in [0.2, 0.25) is 0 Å². The van der Waals surface area contributed by atoms with Gasteiger partial charge in [-0.2, -0.15) is 5.26 Å². The Kier molecular flexibility index (Phi) is 5.52. The Balaban J connectivity index is 1.99. The molecule has 2 aromatic rings. The van der Waals surface area contributed by atoms with Gasteiger partial charge in [0.15, 0.2) is 0 Å². The topological polar surface area (TPSA) is 77.8 Å². The maximum Gasteiger partial charge on any atom is 0.267 e. The van der Waals surface area contributed by atoms with Gasteiger partial charge in [0.05, 0.1) is 10.7 Å². The monoisotopic (exact) mass is 312 g/mol. The number of anilines is 1. The molecule has 0 saturated heterocycles. The van der Waals surface area contributed by atoms with Crippen LogP contribution >= 0.6 is 11.6 Å². The average Bonchev–Trinajstić information content (AvgIpc) is 2.54. The van der Waals surface area contributed by atoms with Gasteiger partial charge < -0.3 is 10.6 Å². The van der Waals surface area contributed by atoms with Gasteiger partial charge in [0, 0.05) is 25.1 Å². The number of nitrogens with one attached hydrogen (secondary N) is 2. The summed E-state index contributed by atoms with van der Waals surface area (Å²) in [7, 11) is 0. The van der Waals surface area contributed by atoms with Gasteiger partial charge in [0.1, 0.15) is 11.6 Å². The Labute approximate surface area is 133 Å². The molecule has 0 atom stereocenters. The zero-order valence-electron chi connectivity index (χ0n) is 11.6. The quantitative estimate of drug-likeness (QED) is 0.657. The minimum Gasteiger partial charge on any atom is -0.386 e. The summed E-state index contributed by atoms with van der Waals surface area (Å²) in [4.78, 5) is 15.9. The molecule has 0 fully saturated rings. The second-order valence-corrected chi connectivity index (χ2v) is 4.75. The number of aromatic nitrogens is 1. The van der Waals surface area contributed by atoms with Crippen LogP contribution in [-0.4, -0.2) is 10.9 Å². The number of hydrogen-bond acceptors (Lipinski definition) is 4. The molecule has 2 N–H and O–H groups in total. The standard InChI is InChI=1S/C16H13ClN4O/c17-14-3-1-2-4-15(14)21-16(22)13(9-18)11-20-10-12-5-7-19-8-6-12/h1-8,11,20H,10H2,(H,21,22)/b13-11-. The number of para-hydroxylation sites is 1.